The monoisotopic (exact) mass is 619 g/mol. The van der Waals surface area contributed by atoms with Gasteiger partial charge >= 0.3 is 0 Å². The predicted molar refractivity (Wildman–Crippen MR) is 174 cm³/mol. The quantitative estimate of drug-likeness (QED) is 0.221. The van der Waals surface area contributed by atoms with Crippen LogP contribution in [-0.4, -0.2) is 70.5 Å². The highest BCUT2D eigenvalue weighted by Gasteiger charge is 2.30. The zero-order valence-electron chi connectivity index (χ0n) is 25.3. The van der Waals surface area contributed by atoms with Crippen molar-refractivity contribution in [2.24, 2.45) is 0 Å². The first-order valence-corrected chi connectivity index (χ1v) is 15.0. The zero-order chi connectivity index (χ0) is 31.5. The third-order valence-electron chi connectivity index (χ3n) is 8.01. The van der Waals surface area contributed by atoms with Crippen LogP contribution in [0.4, 0.5) is 28.7 Å². The van der Waals surface area contributed by atoms with Gasteiger partial charge in [-0.1, -0.05) is 24.8 Å². The molecule has 7 rings (SSSR count). The molecule has 1 amide bonds. The van der Waals surface area contributed by atoms with Crippen molar-refractivity contribution in [3.05, 3.63) is 91.7 Å². The van der Waals surface area contributed by atoms with Crippen LogP contribution in [0, 0.1) is 0 Å². The topological polar surface area (TPSA) is 131 Å². The maximum atomic E-state index is 12.4. The van der Waals surface area contributed by atoms with Crippen molar-refractivity contribution in [3.8, 4) is 16.9 Å². The lowest BCUT2D eigenvalue weighted by Crippen LogP contribution is -2.36. The van der Waals surface area contributed by atoms with Crippen LogP contribution >= 0.6 is 0 Å². The number of morpholine rings is 1. The first-order chi connectivity index (χ1) is 22.6. The Kier molecular flexibility index (Phi) is 8.14. The fourth-order valence-electron chi connectivity index (χ4n) is 5.74. The number of nitrogens with one attached hydrogen (secondary N) is 2. The van der Waals surface area contributed by atoms with Gasteiger partial charge in [0.1, 0.15) is 17.9 Å². The number of nitrogens with zero attached hydrogens (tertiary/aromatic N) is 7. The number of ether oxygens (including phenoxy) is 2. The largest absolute Gasteiger partial charge is 0.494 e. The van der Waals surface area contributed by atoms with E-state index < -0.39 is 0 Å². The minimum Gasteiger partial charge on any atom is -0.494 e. The zero-order valence-corrected chi connectivity index (χ0v) is 25.3. The van der Waals surface area contributed by atoms with E-state index in [1.54, 1.807) is 17.8 Å². The number of amides is 1. The molecule has 0 saturated carbocycles. The molecule has 234 valence electrons. The average molecular weight is 620 g/mol. The standard InChI is InChI=1S/C33H33N9O4/c1-3-33(43)39-25-16-26(29(44-2)17-28(25)40-10-13-45-14-11-40)38-30-18-32(36-21-35-30)42-27(8-12-46-42)23-6-4-5-22(15-23)24-19-34-31-7-9-37-41(31)20-24/h3-7,9,15-21,27H,1,8,10-14H2,2H3,(H,39,43)(H,35,36,38)/t27-/m1/s1. The van der Waals surface area contributed by atoms with Crippen LogP contribution < -0.4 is 25.3 Å². The maximum Gasteiger partial charge on any atom is 0.247 e. The second-order valence-corrected chi connectivity index (χ2v) is 10.8. The van der Waals surface area contributed by atoms with Gasteiger partial charge in [0.25, 0.3) is 0 Å². The predicted octanol–water partition coefficient (Wildman–Crippen LogP) is 4.78. The van der Waals surface area contributed by atoms with E-state index in [0.717, 1.165) is 34.4 Å². The van der Waals surface area contributed by atoms with E-state index in [9.17, 15) is 4.79 Å². The number of hydrogen-bond acceptors (Lipinski definition) is 11. The third kappa shape index (κ3) is 5.93. The van der Waals surface area contributed by atoms with Gasteiger partial charge < -0.3 is 25.0 Å². The molecule has 0 unspecified atom stereocenters. The van der Waals surface area contributed by atoms with E-state index in [0.29, 0.717) is 61.7 Å². The van der Waals surface area contributed by atoms with Crippen molar-refractivity contribution < 1.29 is 19.1 Å². The van der Waals surface area contributed by atoms with Crippen LogP contribution in [0.15, 0.2) is 86.1 Å². The molecule has 46 heavy (non-hydrogen) atoms. The van der Waals surface area contributed by atoms with Gasteiger partial charge in [-0.3, -0.25) is 9.63 Å². The SMILES string of the molecule is C=CC(=O)Nc1cc(Nc2cc(N3OCC[C@@H]3c3cccc(-c4cnc5ccnn5c4)c3)ncn2)c(OC)cc1N1CCOCC1. The molecule has 0 radical (unpaired) electrons. The van der Waals surface area contributed by atoms with Crippen molar-refractivity contribution in [1.29, 1.82) is 0 Å². The van der Waals surface area contributed by atoms with Gasteiger partial charge in [0, 0.05) is 55.7 Å². The molecule has 2 saturated heterocycles. The summed E-state index contributed by atoms with van der Waals surface area (Å²) in [5, 5.41) is 12.4. The van der Waals surface area contributed by atoms with E-state index in [-0.39, 0.29) is 11.9 Å². The Balaban J connectivity index is 1.16. The highest BCUT2D eigenvalue weighted by atomic mass is 16.7. The number of hydroxylamine groups is 1. The van der Waals surface area contributed by atoms with E-state index in [4.69, 9.17) is 14.3 Å². The molecule has 2 aliphatic rings. The van der Waals surface area contributed by atoms with Crippen LogP contribution in [0.5, 0.6) is 5.75 Å². The van der Waals surface area contributed by atoms with E-state index in [1.165, 1.54) is 12.4 Å². The summed E-state index contributed by atoms with van der Waals surface area (Å²) >= 11 is 0. The van der Waals surface area contributed by atoms with Crippen molar-refractivity contribution in [3.63, 3.8) is 0 Å². The first kappa shape index (κ1) is 29.2. The van der Waals surface area contributed by atoms with Crippen molar-refractivity contribution in [2.75, 3.05) is 60.6 Å². The smallest absolute Gasteiger partial charge is 0.247 e. The molecule has 5 aromatic rings. The minimum absolute atomic E-state index is 0.0628. The van der Waals surface area contributed by atoms with E-state index >= 15 is 0 Å². The molecular formula is C33H33N9O4. The molecule has 2 fully saturated rings. The number of benzene rings is 2. The van der Waals surface area contributed by atoms with Gasteiger partial charge in [-0.2, -0.15) is 5.10 Å². The molecular weight excluding hydrogens is 586 g/mol. The van der Waals surface area contributed by atoms with E-state index in [2.05, 4.69) is 60.4 Å². The Bertz CT molecular complexity index is 1890. The molecule has 13 nitrogen and oxygen atoms in total. The van der Waals surface area contributed by atoms with Crippen molar-refractivity contribution >= 4 is 40.3 Å². The number of rotatable bonds is 9. The lowest BCUT2D eigenvalue weighted by molar-refractivity contribution is -0.111. The molecule has 0 bridgehead atoms. The van der Waals surface area contributed by atoms with Gasteiger partial charge in [-0.05, 0) is 29.3 Å². The van der Waals surface area contributed by atoms with Gasteiger partial charge in [-0.25, -0.2) is 24.5 Å². The van der Waals surface area contributed by atoms with Gasteiger partial charge in [-0.15, -0.1) is 0 Å². The Morgan fingerprint density at radius 2 is 1.93 bits per heavy atom. The molecule has 1 atom stereocenters. The number of aromatic nitrogens is 5. The molecule has 5 heterocycles. The number of hydrogen-bond donors (Lipinski definition) is 2. The fourth-order valence-corrected chi connectivity index (χ4v) is 5.74. The summed E-state index contributed by atoms with van der Waals surface area (Å²) in [6.45, 7) is 6.74. The second kappa shape index (κ2) is 12.8. The van der Waals surface area contributed by atoms with Crippen LogP contribution in [0.1, 0.15) is 18.0 Å². The van der Waals surface area contributed by atoms with Crippen LogP contribution in [0.3, 0.4) is 0 Å². The number of methoxy groups -OCH3 is 1. The summed E-state index contributed by atoms with van der Waals surface area (Å²) in [5.41, 5.74) is 5.96. The first-order valence-electron chi connectivity index (χ1n) is 15.0. The molecule has 2 aromatic carbocycles. The Morgan fingerprint density at radius 1 is 1.04 bits per heavy atom. The van der Waals surface area contributed by atoms with Gasteiger partial charge in [0.2, 0.25) is 5.91 Å². The summed E-state index contributed by atoms with van der Waals surface area (Å²) in [5.74, 6) is 1.42. The van der Waals surface area contributed by atoms with Crippen LogP contribution in [0.2, 0.25) is 0 Å². The fraction of sp³-hybridized carbons (Fsp3) is 0.242. The molecule has 2 aliphatic heterocycles. The number of fused-ring (bicyclic) bond motifs is 1. The lowest BCUT2D eigenvalue weighted by atomic mass is 9.99. The normalized spacial score (nSPS) is 16.4. The van der Waals surface area contributed by atoms with E-state index in [1.807, 2.05) is 47.8 Å². The molecule has 0 spiro atoms. The van der Waals surface area contributed by atoms with Gasteiger partial charge in [0.15, 0.2) is 11.5 Å². The average Bonchev–Trinajstić information content (AvgIpc) is 3.79. The maximum absolute atomic E-state index is 12.4. The minimum atomic E-state index is -0.311. The third-order valence-corrected chi connectivity index (χ3v) is 8.01. The van der Waals surface area contributed by atoms with Gasteiger partial charge in [0.05, 0.1) is 56.2 Å². The Hall–Kier alpha value is -5.53. The number of carbonyl (C=O) groups is 1. The van der Waals surface area contributed by atoms with Crippen molar-refractivity contribution in [2.45, 2.75) is 12.5 Å². The highest BCUT2D eigenvalue weighted by molar-refractivity contribution is 6.02. The second-order valence-electron chi connectivity index (χ2n) is 10.8. The highest BCUT2D eigenvalue weighted by Crippen LogP contribution is 2.40. The summed E-state index contributed by atoms with van der Waals surface area (Å²) in [6, 6.07) is 15.7. The summed E-state index contributed by atoms with van der Waals surface area (Å²) in [6.07, 6.45) is 9.09. The Morgan fingerprint density at radius 3 is 2.78 bits per heavy atom. The lowest BCUT2D eigenvalue weighted by Gasteiger charge is -2.31. The number of anilines is 5. The molecule has 3 aromatic heterocycles. The molecule has 2 N–H and O–H groups in total. The Labute approximate surface area is 265 Å². The summed E-state index contributed by atoms with van der Waals surface area (Å²) in [4.78, 5) is 34.1. The molecule has 13 heteroatoms. The van der Waals surface area contributed by atoms with Crippen LogP contribution in [0.25, 0.3) is 16.8 Å². The molecule has 0 aliphatic carbocycles. The van der Waals surface area contributed by atoms with Crippen LogP contribution in [-0.2, 0) is 14.4 Å². The van der Waals surface area contributed by atoms with Crippen molar-refractivity contribution in [1.82, 2.24) is 24.6 Å². The number of carbonyl (C=O) groups excluding carboxylic acids is 1. The summed E-state index contributed by atoms with van der Waals surface area (Å²) < 4.78 is 13.1. The summed E-state index contributed by atoms with van der Waals surface area (Å²) in [7, 11) is 1.61.